The topological polar surface area (TPSA) is 112 Å². The molecule has 42 heavy (non-hydrogen) atoms. The maximum atomic E-state index is 11.6. The molecule has 2 aromatic carbocycles. The van der Waals surface area contributed by atoms with Crippen molar-refractivity contribution < 1.29 is 38.7 Å². The molecule has 2 unspecified atom stereocenters. The number of carbonyl (C=O) groups excluding carboxylic acids is 2. The van der Waals surface area contributed by atoms with Crippen LogP contribution in [0.2, 0.25) is 0 Å². The van der Waals surface area contributed by atoms with Crippen molar-refractivity contribution >= 4 is 99.2 Å². The Labute approximate surface area is 288 Å². The van der Waals surface area contributed by atoms with E-state index in [1.165, 1.54) is 23.5 Å². The van der Waals surface area contributed by atoms with E-state index in [0.717, 1.165) is 51.3 Å². The van der Waals surface area contributed by atoms with E-state index in [1.807, 2.05) is 27.7 Å². The van der Waals surface area contributed by atoms with Gasteiger partial charge in [0.15, 0.2) is 0 Å². The van der Waals surface area contributed by atoms with Crippen LogP contribution in [0.5, 0.6) is 11.5 Å². The Bertz CT molecular complexity index is 1140. The SMILES string of the molecule is CSCC(=O)OCC(O)COc1c(C)c(Br)c(-c2c(Br)c(C)c(OCC(O)COC(=O)CSC)c(C)c2Br)c(Br)c1C. The summed E-state index contributed by atoms with van der Waals surface area (Å²) in [5, 5.41) is 20.6. The van der Waals surface area contributed by atoms with Crippen LogP contribution in [0.3, 0.4) is 0 Å². The summed E-state index contributed by atoms with van der Waals surface area (Å²) in [6, 6.07) is 0. The fraction of sp³-hybridized carbons (Fsp3) is 0.500. The van der Waals surface area contributed by atoms with E-state index in [-0.39, 0.29) is 49.9 Å². The summed E-state index contributed by atoms with van der Waals surface area (Å²) < 4.78 is 25.3. The Morgan fingerprint density at radius 1 is 0.619 bits per heavy atom. The van der Waals surface area contributed by atoms with Crippen LogP contribution in [-0.2, 0) is 19.1 Å². The van der Waals surface area contributed by atoms with E-state index >= 15 is 0 Å². The first-order valence-electron chi connectivity index (χ1n) is 12.6. The number of aliphatic hydroxyl groups excluding tert-OH is 2. The minimum Gasteiger partial charge on any atom is -0.490 e. The molecule has 0 heterocycles. The van der Waals surface area contributed by atoms with E-state index in [0.29, 0.717) is 11.5 Å². The lowest BCUT2D eigenvalue weighted by molar-refractivity contribution is -0.144. The molecule has 0 bridgehead atoms. The van der Waals surface area contributed by atoms with Crippen molar-refractivity contribution in [3.8, 4) is 22.6 Å². The van der Waals surface area contributed by atoms with Crippen LogP contribution in [-0.4, -0.2) is 84.8 Å². The second-order valence-corrected chi connectivity index (χ2v) is 14.2. The first-order chi connectivity index (χ1) is 19.8. The third kappa shape index (κ3) is 9.76. The zero-order valence-corrected chi connectivity index (χ0v) is 32.0. The zero-order valence-electron chi connectivity index (χ0n) is 24.1. The number of thioether (sulfide) groups is 2. The van der Waals surface area contributed by atoms with Crippen molar-refractivity contribution in [2.45, 2.75) is 39.9 Å². The lowest BCUT2D eigenvalue weighted by atomic mass is 9.96. The number of hydrogen-bond donors (Lipinski definition) is 2. The van der Waals surface area contributed by atoms with E-state index < -0.39 is 12.2 Å². The number of benzene rings is 2. The van der Waals surface area contributed by atoms with Gasteiger partial charge in [-0.1, -0.05) is 0 Å². The number of ether oxygens (including phenoxy) is 4. The van der Waals surface area contributed by atoms with Gasteiger partial charge in [0.05, 0.1) is 11.5 Å². The highest BCUT2D eigenvalue weighted by Gasteiger charge is 2.27. The molecule has 0 saturated heterocycles. The average molecular weight is 882 g/mol. The summed E-state index contributed by atoms with van der Waals surface area (Å²) in [4.78, 5) is 23.2. The summed E-state index contributed by atoms with van der Waals surface area (Å²) in [6.07, 6.45) is 1.65. The van der Waals surface area contributed by atoms with Gasteiger partial charge in [-0.05, 0) is 104 Å². The Morgan fingerprint density at radius 2 is 0.905 bits per heavy atom. The van der Waals surface area contributed by atoms with Crippen molar-refractivity contribution in [3.63, 3.8) is 0 Å². The van der Waals surface area contributed by atoms with Gasteiger partial charge in [0.1, 0.15) is 50.1 Å². The van der Waals surface area contributed by atoms with Crippen LogP contribution < -0.4 is 9.47 Å². The Kier molecular flexibility index (Phi) is 16.0. The largest absolute Gasteiger partial charge is 0.490 e. The molecule has 234 valence electrons. The fourth-order valence-electron chi connectivity index (χ4n) is 3.93. The van der Waals surface area contributed by atoms with Crippen molar-refractivity contribution in [2.75, 3.05) is 50.4 Å². The molecule has 0 spiro atoms. The minimum atomic E-state index is -0.978. The van der Waals surface area contributed by atoms with Gasteiger partial charge in [-0.3, -0.25) is 9.59 Å². The monoisotopic (exact) mass is 878 g/mol. The van der Waals surface area contributed by atoms with Gasteiger partial charge >= 0.3 is 11.9 Å². The summed E-state index contributed by atoms with van der Waals surface area (Å²) in [5.74, 6) is 0.874. The van der Waals surface area contributed by atoms with Gasteiger partial charge in [-0.15, -0.1) is 0 Å². The highest BCUT2D eigenvalue weighted by atomic mass is 79.9. The molecule has 2 atom stereocenters. The van der Waals surface area contributed by atoms with Crippen molar-refractivity contribution in [1.82, 2.24) is 0 Å². The second-order valence-electron chi connectivity index (χ2n) is 9.33. The van der Waals surface area contributed by atoms with E-state index in [9.17, 15) is 19.8 Å². The standard InChI is InChI=1S/C28H34Br4O8S2/c1-13-23(29)21(24(30)14(2)27(13)39-9-17(33)7-37-19(35)11-41-5)22-25(31)15(3)28(16(4)26(22)32)40-10-18(34)8-38-20(36)12-42-6/h17-18,33-34H,7-12H2,1-6H3. The third-order valence-electron chi connectivity index (χ3n) is 6.05. The maximum Gasteiger partial charge on any atom is 0.315 e. The Morgan fingerprint density at radius 3 is 1.17 bits per heavy atom. The van der Waals surface area contributed by atoms with Gasteiger partial charge in [0.25, 0.3) is 0 Å². The van der Waals surface area contributed by atoms with Crippen molar-refractivity contribution in [3.05, 3.63) is 40.1 Å². The molecule has 2 aromatic rings. The molecule has 0 aromatic heterocycles. The molecule has 8 nitrogen and oxygen atoms in total. The van der Waals surface area contributed by atoms with Gasteiger partial charge in [0.2, 0.25) is 0 Å². The molecule has 0 amide bonds. The second kappa shape index (κ2) is 17.9. The predicted molar refractivity (Wildman–Crippen MR) is 183 cm³/mol. The zero-order chi connectivity index (χ0) is 31.7. The smallest absolute Gasteiger partial charge is 0.315 e. The van der Waals surface area contributed by atoms with Crippen LogP contribution in [0.25, 0.3) is 11.1 Å². The maximum absolute atomic E-state index is 11.6. The van der Waals surface area contributed by atoms with Crippen LogP contribution in [0.4, 0.5) is 0 Å². The molecule has 0 aliphatic carbocycles. The molecule has 2 N–H and O–H groups in total. The average Bonchev–Trinajstić information content (AvgIpc) is 2.95. The first kappa shape index (κ1) is 37.7. The number of rotatable bonds is 15. The predicted octanol–water partition coefficient (Wildman–Crippen LogP) is 6.93. The summed E-state index contributed by atoms with van der Waals surface area (Å²) in [6.45, 7) is 7.27. The minimum absolute atomic E-state index is 0.0489. The van der Waals surface area contributed by atoms with E-state index in [4.69, 9.17) is 18.9 Å². The Hall–Kier alpha value is -0.480. The first-order valence-corrected chi connectivity index (χ1v) is 18.6. The number of aliphatic hydroxyl groups is 2. The number of carbonyl (C=O) groups is 2. The van der Waals surface area contributed by atoms with Crippen molar-refractivity contribution in [2.24, 2.45) is 0 Å². The van der Waals surface area contributed by atoms with E-state index in [2.05, 4.69) is 63.7 Å². The number of halogens is 4. The van der Waals surface area contributed by atoms with Crippen LogP contribution in [0.15, 0.2) is 17.9 Å². The molecule has 2 rings (SSSR count). The molecular formula is C28H34Br4O8S2. The summed E-state index contributed by atoms with van der Waals surface area (Å²) in [5.41, 5.74) is 5.05. The molecule has 14 heteroatoms. The fourth-order valence-corrected chi connectivity index (χ4v) is 7.40. The quantitative estimate of drug-likeness (QED) is 0.183. The number of hydrogen-bond acceptors (Lipinski definition) is 10. The Balaban J connectivity index is 2.33. The molecule has 0 aliphatic heterocycles. The normalized spacial score (nSPS) is 12.6. The molecule has 0 aliphatic rings. The molecule has 0 radical (unpaired) electrons. The van der Waals surface area contributed by atoms with Crippen molar-refractivity contribution in [1.29, 1.82) is 0 Å². The molecule has 0 fully saturated rings. The van der Waals surface area contributed by atoms with Gasteiger partial charge < -0.3 is 29.2 Å². The number of esters is 2. The lowest BCUT2D eigenvalue weighted by Crippen LogP contribution is -2.26. The lowest BCUT2D eigenvalue weighted by Gasteiger charge is -2.24. The molecule has 0 saturated carbocycles. The van der Waals surface area contributed by atoms with Gasteiger partial charge in [0, 0.05) is 51.3 Å². The third-order valence-corrected chi connectivity index (χ3v) is 11.1. The van der Waals surface area contributed by atoms with Gasteiger partial charge in [-0.25, -0.2) is 0 Å². The highest BCUT2D eigenvalue weighted by Crippen LogP contribution is 2.52. The van der Waals surface area contributed by atoms with Gasteiger partial charge in [-0.2, -0.15) is 23.5 Å². The van der Waals surface area contributed by atoms with E-state index in [1.54, 1.807) is 12.5 Å². The summed E-state index contributed by atoms with van der Waals surface area (Å²) >= 11 is 17.7. The van der Waals surface area contributed by atoms with Crippen LogP contribution >= 0.6 is 87.2 Å². The molecular weight excluding hydrogens is 848 g/mol. The highest BCUT2D eigenvalue weighted by molar-refractivity contribution is 9.11. The van der Waals surface area contributed by atoms with Crippen LogP contribution in [0, 0.1) is 27.7 Å². The van der Waals surface area contributed by atoms with Crippen LogP contribution in [0.1, 0.15) is 22.3 Å². The summed E-state index contributed by atoms with van der Waals surface area (Å²) in [7, 11) is 0.